The van der Waals surface area contributed by atoms with Crippen LogP contribution in [0.5, 0.6) is 0 Å². The number of hydrogen-bond donors (Lipinski definition) is 1. The van der Waals surface area contributed by atoms with Gasteiger partial charge in [0, 0.05) is 36.2 Å². The third-order valence-electron chi connectivity index (χ3n) is 3.60. The number of rotatable bonds is 3. The van der Waals surface area contributed by atoms with Gasteiger partial charge in [0.05, 0.1) is 11.5 Å². The summed E-state index contributed by atoms with van der Waals surface area (Å²) in [7, 11) is -2.79. The maximum absolute atomic E-state index is 11.6. The smallest absolute Gasteiger partial charge is 0.153 e. The van der Waals surface area contributed by atoms with Gasteiger partial charge in [-0.05, 0) is 26.8 Å². The van der Waals surface area contributed by atoms with Gasteiger partial charge in [0.1, 0.15) is 0 Å². The minimum Gasteiger partial charge on any atom is -0.312 e. The molecule has 0 saturated carbocycles. The van der Waals surface area contributed by atoms with Gasteiger partial charge in [0.25, 0.3) is 0 Å². The summed E-state index contributed by atoms with van der Waals surface area (Å²) in [6, 6.07) is 0.154. The summed E-state index contributed by atoms with van der Waals surface area (Å²) in [6.45, 7) is 8.44. The molecule has 2 aliphatic rings. The first-order chi connectivity index (χ1) is 8.36. The van der Waals surface area contributed by atoms with E-state index in [1.54, 1.807) is 0 Å². The highest BCUT2D eigenvalue weighted by Gasteiger charge is 2.28. The van der Waals surface area contributed by atoms with Crippen molar-refractivity contribution in [3.63, 3.8) is 0 Å². The Morgan fingerprint density at radius 2 is 2.22 bits per heavy atom. The molecule has 2 saturated heterocycles. The molecule has 2 rings (SSSR count). The van der Waals surface area contributed by atoms with Gasteiger partial charge in [0.2, 0.25) is 0 Å². The van der Waals surface area contributed by atoms with E-state index in [2.05, 4.69) is 24.1 Å². The molecule has 2 heterocycles. The van der Waals surface area contributed by atoms with Crippen LogP contribution in [0.25, 0.3) is 0 Å². The third-order valence-corrected chi connectivity index (χ3v) is 6.63. The molecule has 1 unspecified atom stereocenters. The molecule has 106 valence electrons. The summed E-state index contributed by atoms with van der Waals surface area (Å²) in [5.74, 6) is 1.80. The van der Waals surface area contributed by atoms with E-state index in [0.29, 0.717) is 22.8 Å². The van der Waals surface area contributed by atoms with Gasteiger partial charge in [-0.2, -0.15) is 11.8 Å². The summed E-state index contributed by atoms with van der Waals surface area (Å²) in [6.07, 6.45) is 0.944. The van der Waals surface area contributed by atoms with Gasteiger partial charge in [0.15, 0.2) is 9.84 Å². The molecule has 0 aliphatic carbocycles. The van der Waals surface area contributed by atoms with E-state index in [1.807, 2.05) is 11.8 Å². The Morgan fingerprint density at radius 3 is 2.89 bits per heavy atom. The van der Waals surface area contributed by atoms with Crippen molar-refractivity contribution >= 4 is 21.6 Å². The minimum atomic E-state index is -2.79. The molecule has 1 N–H and O–H groups in total. The van der Waals surface area contributed by atoms with Gasteiger partial charge in [-0.25, -0.2) is 8.42 Å². The van der Waals surface area contributed by atoms with Crippen LogP contribution in [0.3, 0.4) is 0 Å². The zero-order valence-electron chi connectivity index (χ0n) is 11.3. The normalized spacial score (nSPS) is 32.2. The zero-order valence-corrected chi connectivity index (χ0v) is 12.9. The van der Waals surface area contributed by atoms with Gasteiger partial charge in [-0.15, -0.1) is 0 Å². The first-order valence-corrected chi connectivity index (χ1v) is 9.47. The lowest BCUT2D eigenvalue weighted by Gasteiger charge is -2.38. The van der Waals surface area contributed by atoms with Crippen LogP contribution in [-0.4, -0.2) is 67.5 Å². The molecule has 0 spiro atoms. The Hall–Kier alpha value is 0.220. The topological polar surface area (TPSA) is 49.4 Å². The monoisotopic (exact) mass is 292 g/mol. The second-order valence-corrected chi connectivity index (χ2v) is 9.97. The number of thioether (sulfide) groups is 1. The zero-order chi connectivity index (χ0) is 13.2. The van der Waals surface area contributed by atoms with Crippen LogP contribution in [0.2, 0.25) is 0 Å². The standard InChI is InChI=1S/C12H24N2O2S2/c1-12(2)10-14(6-7-17-12)5-3-11-9-18(15,16)8-4-13-11/h11,13H,3-10H2,1-2H3. The van der Waals surface area contributed by atoms with Crippen LogP contribution in [0.4, 0.5) is 0 Å². The molecule has 2 fully saturated rings. The summed E-state index contributed by atoms with van der Waals surface area (Å²) in [5, 5.41) is 3.32. The van der Waals surface area contributed by atoms with Crippen LogP contribution in [-0.2, 0) is 9.84 Å². The van der Waals surface area contributed by atoms with E-state index >= 15 is 0 Å². The fraction of sp³-hybridized carbons (Fsp3) is 1.00. The van der Waals surface area contributed by atoms with Crippen LogP contribution in [0.15, 0.2) is 0 Å². The second-order valence-electron chi connectivity index (χ2n) is 5.94. The van der Waals surface area contributed by atoms with Crippen molar-refractivity contribution in [2.75, 3.05) is 43.4 Å². The van der Waals surface area contributed by atoms with E-state index in [1.165, 1.54) is 5.75 Å². The Kier molecular flexibility index (Phi) is 4.62. The van der Waals surface area contributed by atoms with E-state index in [4.69, 9.17) is 0 Å². The lowest BCUT2D eigenvalue weighted by molar-refractivity contribution is 0.247. The average molecular weight is 292 g/mol. The molecule has 0 aromatic rings. The van der Waals surface area contributed by atoms with Crippen molar-refractivity contribution in [2.24, 2.45) is 0 Å². The summed E-state index contributed by atoms with van der Waals surface area (Å²) in [5.41, 5.74) is 0. The predicted molar refractivity (Wildman–Crippen MR) is 78.0 cm³/mol. The predicted octanol–water partition coefficient (Wildman–Crippen LogP) is 0.591. The molecule has 0 amide bonds. The number of hydrogen-bond acceptors (Lipinski definition) is 5. The highest BCUT2D eigenvalue weighted by Crippen LogP contribution is 2.29. The quantitative estimate of drug-likeness (QED) is 0.825. The molecule has 0 radical (unpaired) electrons. The lowest BCUT2D eigenvalue weighted by Crippen LogP contribution is -2.48. The van der Waals surface area contributed by atoms with Gasteiger partial charge in [-0.3, -0.25) is 0 Å². The largest absolute Gasteiger partial charge is 0.312 e. The highest BCUT2D eigenvalue weighted by atomic mass is 32.2. The number of nitrogens with zero attached hydrogens (tertiary/aromatic N) is 1. The molecule has 0 aromatic heterocycles. The molecule has 4 nitrogen and oxygen atoms in total. The molecule has 0 bridgehead atoms. The SMILES string of the molecule is CC1(C)CN(CCC2CS(=O)(=O)CCN2)CCS1. The second kappa shape index (κ2) is 5.69. The summed E-state index contributed by atoms with van der Waals surface area (Å²) in [4.78, 5) is 2.47. The van der Waals surface area contributed by atoms with E-state index in [-0.39, 0.29) is 6.04 Å². The summed E-state index contributed by atoms with van der Waals surface area (Å²) >= 11 is 2.03. The van der Waals surface area contributed by atoms with Crippen molar-refractivity contribution in [1.29, 1.82) is 0 Å². The molecule has 2 aliphatic heterocycles. The third kappa shape index (κ3) is 4.40. The number of nitrogens with one attached hydrogen (secondary N) is 1. The first kappa shape index (κ1) is 14.6. The molecular formula is C12H24N2O2S2. The van der Waals surface area contributed by atoms with Crippen LogP contribution < -0.4 is 5.32 Å². The molecule has 0 aromatic carbocycles. The maximum Gasteiger partial charge on any atom is 0.153 e. The van der Waals surface area contributed by atoms with Gasteiger partial charge >= 0.3 is 0 Å². The molecular weight excluding hydrogens is 268 g/mol. The molecule has 1 atom stereocenters. The molecule has 6 heteroatoms. The Bertz CT molecular complexity index is 382. The van der Waals surface area contributed by atoms with Crippen LogP contribution >= 0.6 is 11.8 Å². The highest BCUT2D eigenvalue weighted by molar-refractivity contribution is 8.00. The van der Waals surface area contributed by atoms with Crippen LogP contribution in [0, 0.1) is 0 Å². The fourth-order valence-corrected chi connectivity index (χ4v) is 5.37. The fourth-order valence-electron chi connectivity index (χ4n) is 2.70. The van der Waals surface area contributed by atoms with Crippen molar-refractivity contribution in [1.82, 2.24) is 10.2 Å². The average Bonchev–Trinajstić information content (AvgIpc) is 2.24. The van der Waals surface area contributed by atoms with Gasteiger partial charge < -0.3 is 10.2 Å². The van der Waals surface area contributed by atoms with Gasteiger partial charge in [-0.1, -0.05) is 0 Å². The molecule has 18 heavy (non-hydrogen) atoms. The lowest BCUT2D eigenvalue weighted by atomic mass is 10.1. The van der Waals surface area contributed by atoms with Crippen molar-refractivity contribution in [3.8, 4) is 0 Å². The Labute approximate surface area is 115 Å². The van der Waals surface area contributed by atoms with E-state index in [0.717, 1.165) is 26.1 Å². The maximum atomic E-state index is 11.6. The summed E-state index contributed by atoms with van der Waals surface area (Å²) < 4.78 is 23.5. The minimum absolute atomic E-state index is 0.154. The Morgan fingerprint density at radius 1 is 1.44 bits per heavy atom. The van der Waals surface area contributed by atoms with Crippen molar-refractivity contribution in [3.05, 3.63) is 0 Å². The number of sulfone groups is 1. The van der Waals surface area contributed by atoms with E-state index < -0.39 is 9.84 Å². The van der Waals surface area contributed by atoms with Crippen molar-refractivity contribution < 1.29 is 8.42 Å². The van der Waals surface area contributed by atoms with E-state index in [9.17, 15) is 8.42 Å². The first-order valence-electron chi connectivity index (χ1n) is 6.66. The van der Waals surface area contributed by atoms with Crippen LogP contribution in [0.1, 0.15) is 20.3 Å². The van der Waals surface area contributed by atoms with Crippen molar-refractivity contribution in [2.45, 2.75) is 31.1 Å². The Balaban J connectivity index is 1.77.